The van der Waals surface area contributed by atoms with Crippen molar-refractivity contribution in [3.05, 3.63) is 12.7 Å². The predicted octanol–water partition coefficient (Wildman–Crippen LogP) is -4.22. The molecule has 0 spiro atoms. The van der Waals surface area contributed by atoms with Crippen molar-refractivity contribution in [2.75, 3.05) is 19.8 Å². The van der Waals surface area contributed by atoms with Gasteiger partial charge in [0.15, 0.2) is 12.6 Å². The van der Waals surface area contributed by atoms with Crippen LogP contribution in [0, 0.1) is 0 Å². The maximum Gasteiger partial charge on any atom is 0.397 e. The number of hydrogen-bond donors (Lipinski definition) is 7. The van der Waals surface area contributed by atoms with Gasteiger partial charge in [0.2, 0.25) is 5.91 Å². The van der Waals surface area contributed by atoms with Gasteiger partial charge in [-0.25, -0.2) is 4.18 Å². The first-order valence-electron chi connectivity index (χ1n) is 9.80. The van der Waals surface area contributed by atoms with Gasteiger partial charge in [0.05, 0.1) is 19.8 Å². The van der Waals surface area contributed by atoms with E-state index in [2.05, 4.69) is 16.1 Å². The molecule has 192 valence electrons. The number of rotatable bonds is 10. The molecule has 2 saturated heterocycles. The van der Waals surface area contributed by atoms with Gasteiger partial charge >= 0.3 is 10.4 Å². The van der Waals surface area contributed by atoms with E-state index in [0.717, 1.165) is 6.92 Å². The maximum atomic E-state index is 11.8. The average molecular weight is 503 g/mol. The number of hydrogen-bond acceptors (Lipinski definition) is 13. The van der Waals surface area contributed by atoms with E-state index in [9.17, 15) is 38.7 Å². The number of amides is 1. The highest BCUT2D eigenvalue weighted by molar-refractivity contribution is 7.80. The fourth-order valence-electron chi connectivity index (χ4n) is 3.40. The first kappa shape index (κ1) is 28.0. The average Bonchev–Trinajstić information content (AvgIpc) is 2.73. The second-order valence-corrected chi connectivity index (χ2v) is 8.48. The predicted molar refractivity (Wildman–Crippen MR) is 105 cm³/mol. The zero-order valence-corrected chi connectivity index (χ0v) is 18.4. The molecule has 2 heterocycles. The van der Waals surface area contributed by atoms with E-state index >= 15 is 0 Å². The SMILES string of the molecule is C=CCO[C@H]1O[C@H](COS(=O)(=O)O)[C@H](O)[C@H](O[C@@H]2O[C@H](CO)[C@H](O)[C@H](O)[C@H]2O)[C@H]1NC(C)=O. The molecule has 1 amide bonds. The molecule has 2 rings (SSSR count). The summed E-state index contributed by atoms with van der Waals surface area (Å²) in [6.07, 6.45) is -13.1. The lowest BCUT2D eigenvalue weighted by atomic mass is 9.95. The highest BCUT2D eigenvalue weighted by atomic mass is 32.3. The lowest BCUT2D eigenvalue weighted by Gasteiger charge is -2.47. The van der Waals surface area contributed by atoms with Crippen molar-refractivity contribution in [2.24, 2.45) is 0 Å². The minimum Gasteiger partial charge on any atom is -0.394 e. The number of aliphatic hydroxyl groups excluding tert-OH is 5. The number of carbonyl (C=O) groups is 1. The van der Waals surface area contributed by atoms with Crippen LogP contribution >= 0.6 is 0 Å². The van der Waals surface area contributed by atoms with E-state index in [-0.39, 0.29) is 6.61 Å². The Morgan fingerprint density at radius 3 is 2.24 bits per heavy atom. The van der Waals surface area contributed by atoms with Crippen LogP contribution in [0.3, 0.4) is 0 Å². The summed E-state index contributed by atoms with van der Waals surface area (Å²) in [4.78, 5) is 11.8. The molecule has 0 aromatic carbocycles. The summed E-state index contributed by atoms with van der Waals surface area (Å²) in [6, 6.07) is -1.26. The Balaban J connectivity index is 2.34. The van der Waals surface area contributed by atoms with Crippen LogP contribution in [0.25, 0.3) is 0 Å². The van der Waals surface area contributed by atoms with Gasteiger partial charge in [-0.05, 0) is 0 Å². The van der Waals surface area contributed by atoms with Gasteiger partial charge in [0.1, 0.15) is 48.8 Å². The molecule has 33 heavy (non-hydrogen) atoms. The second kappa shape index (κ2) is 11.9. The Morgan fingerprint density at radius 2 is 1.70 bits per heavy atom. The van der Waals surface area contributed by atoms with Crippen LogP contribution < -0.4 is 5.32 Å². The van der Waals surface area contributed by atoms with Gasteiger partial charge in [0.25, 0.3) is 0 Å². The lowest BCUT2D eigenvalue weighted by molar-refractivity contribution is -0.343. The van der Waals surface area contributed by atoms with E-state index < -0.39 is 90.9 Å². The molecule has 7 N–H and O–H groups in total. The van der Waals surface area contributed by atoms with E-state index in [1.807, 2.05) is 0 Å². The Bertz CT molecular complexity index is 763. The largest absolute Gasteiger partial charge is 0.397 e. The molecule has 0 unspecified atom stereocenters. The number of carbonyl (C=O) groups excluding carboxylic acids is 1. The normalized spacial score (nSPS) is 39.7. The smallest absolute Gasteiger partial charge is 0.394 e. The number of ether oxygens (including phenoxy) is 4. The lowest BCUT2D eigenvalue weighted by Crippen LogP contribution is -2.68. The molecule has 0 saturated carbocycles. The summed E-state index contributed by atoms with van der Waals surface area (Å²) in [5.41, 5.74) is 0. The fraction of sp³-hybridized carbons (Fsp3) is 0.824. The molecule has 2 aliphatic heterocycles. The molecule has 2 fully saturated rings. The van der Waals surface area contributed by atoms with Crippen molar-refractivity contribution >= 4 is 16.3 Å². The van der Waals surface area contributed by atoms with Gasteiger partial charge in [-0.2, -0.15) is 8.42 Å². The first-order valence-corrected chi connectivity index (χ1v) is 11.2. The van der Waals surface area contributed by atoms with E-state index in [1.165, 1.54) is 6.08 Å². The first-order chi connectivity index (χ1) is 15.4. The van der Waals surface area contributed by atoms with Crippen LogP contribution in [0.2, 0.25) is 0 Å². The molecular formula is C17H29NO14S. The minimum absolute atomic E-state index is 0.102. The summed E-state index contributed by atoms with van der Waals surface area (Å²) in [5, 5.41) is 52.8. The van der Waals surface area contributed by atoms with E-state index in [0.29, 0.717) is 0 Å². The van der Waals surface area contributed by atoms with E-state index in [1.54, 1.807) is 0 Å². The molecule has 16 heteroatoms. The van der Waals surface area contributed by atoms with Crippen LogP contribution in [0.5, 0.6) is 0 Å². The minimum atomic E-state index is -4.90. The summed E-state index contributed by atoms with van der Waals surface area (Å²) < 4.78 is 56.8. The molecule has 0 aromatic heterocycles. The molecule has 0 radical (unpaired) electrons. The maximum absolute atomic E-state index is 11.8. The van der Waals surface area contributed by atoms with Crippen LogP contribution in [-0.2, 0) is 38.3 Å². The molecule has 0 aromatic rings. The molecule has 2 aliphatic rings. The van der Waals surface area contributed by atoms with Crippen LogP contribution in [-0.4, -0.2) is 126 Å². The van der Waals surface area contributed by atoms with Crippen molar-refractivity contribution in [3.8, 4) is 0 Å². The van der Waals surface area contributed by atoms with Crippen molar-refractivity contribution < 1.29 is 66.4 Å². The fourth-order valence-corrected chi connectivity index (χ4v) is 3.70. The van der Waals surface area contributed by atoms with Gasteiger partial charge in [-0.15, -0.1) is 6.58 Å². The van der Waals surface area contributed by atoms with Gasteiger partial charge < -0.3 is 49.8 Å². The molecule has 10 atom stereocenters. The van der Waals surface area contributed by atoms with Crippen LogP contribution in [0.15, 0.2) is 12.7 Å². The molecule has 15 nitrogen and oxygen atoms in total. The third kappa shape index (κ3) is 7.35. The highest BCUT2D eigenvalue weighted by Crippen LogP contribution is 2.30. The van der Waals surface area contributed by atoms with Gasteiger partial charge in [-0.1, -0.05) is 6.08 Å². The highest BCUT2D eigenvalue weighted by Gasteiger charge is 2.51. The van der Waals surface area contributed by atoms with Gasteiger partial charge in [-0.3, -0.25) is 9.35 Å². The van der Waals surface area contributed by atoms with Crippen molar-refractivity contribution in [2.45, 2.75) is 68.3 Å². The summed E-state index contributed by atoms with van der Waals surface area (Å²) >= 11 is 0. The number of nitrogens with one attached hydrogen (secondary N) is 1. The van der Waals surface area contributed by atoms with Crippen molar-refractivity contribution in [1.82, 2.24) is 5.32 Å². The van der Waals surface area contributed by atoms with Crippen molar-refractivity contribution in [1.29, 1.82) is 0 Å². The summed E-state index contributed by atoms with van der Waals surface area (Å²) in [7, 11) is -4.90. The molecule has 0 aliphatic carbocycles. The van der Waals surface area contributed by atoms with Crippen molar-refractivity contribution in [3.63, 3.8) is 0 Å². The Kier molecular flexibility index (Phi) is 10.1. The van der Waals surface area contributed by atoms with Crippen LogP contribution in [0.4, 0.5) is 0 Å². The summed E-state index contributed by atoms with van der Waals surface area (Å²) in [6.45, 7) is 2.90. The van der Waals surface area contributed by atoms with Gasteiger partial charge in [0, 0.05) is 6.92 Å². The monoisotopic (exact) mass is 503 g/mol. The Hall–Kier alpha value is -1.28. The quantitative estimate of drug-likeness (QED) is 0.111. The van der Waals surface area contributed by atoms with Crippen LogP contribution in [0.1, 0.15) is 6.92 Å². The third-order valence-electron chi connectivity index (χ3n) is 4.94. The Labute approximate surface area is 189 Å². The molecule has 0 bridgehead atoms. The number of aliphatic hydroxyl groups is 5. The zero-order valence-electron chi connectivity index (χ0n) is 17.5. The topological polar surface area (TPSA) is 231 Å². The van der Waals surface area contributed by atoms with E-state index in [4.69, 9.17) is 23.5 Å². The molecular weight excluding hydrogens is 474 g/mol. The standard InChI is InChI=1S/C17H29NO14S/c1-3-4-28-16-10(18-7(2)20)15(12(22)9(31-16)6-29-33(25,26)27)32-17-14(24)13(23)11(21)8(5-19)30-17/h3,8-17,19,21-24H,1,4-6H2,2H3,(H,18,20)(H,25,26,27)/t8-,9-,10-,11+,12+,13+,14-,15-,16+,17+/m1/s1. The third-order valence-corrected chi connectivity index (χ3v) is 5.38. The second-order valence-electron chi connectivity index (χ2n) is 7.39. The summed E-state index contributed by atoms with van der Waals surface area (Å²) in [5.74, 6) is -0.599. The zero-order chi connectivity index (χ0) is 24.9. The Morgan fingerprint density at radius 1 is 1.06 bits per heavy atom.